The SMILES string of the molecule is O=S(=O)(Nc1ccc(Cl)cn1)c1ccc2c(c1)CCC2. The number of sulfonamides is 1. The Morgan fingerprint density at radius 3 is 2.65 bits per heavy atom. The van der Waals surface area contributed by atoms with Crippen LogP contribution in [-0.4, -0.2) is 13.4 Å². The summed E-state index contributed by atoms with van der Waals surface area (Å²) < 4.78 is 27.1. The van der Waals surface area contributed by atoms with Crippen LogP contribution in [0.2, 0.25) is 5.02 Å². The van der Waals surface area contributed by atoms with Gasteiger partial charge in [-0.3, -0.25) is 4.72 Å². The van der Waals surface area contributed by atoms with Crippen molar-refractivity contribution in [3.8, 4) is 0 Å². The molecule has 4 nitrogen and oxygen atoms in total. The predicted octanol–water partition coefficient (Wildman–Crippen LogP) is 3.02. The van der Waals surface area contributed by atoms with E-state index in [1.165, 1.54) is 17.8 Å². The maximum atomic E-state index is 12.3. The zero-order valence-corrected chi connectivity index (χ0v) is 12.2. The second kappa shape index (κ2) is 5.07. The summed E-state index contributed by atoms with van der Waals surface area (Å²) in [7, 11) is -3.60. The van der Waals surface area contributed by atoms with E-state index in [9.17, 15) is 8.42 Å². The van der Waals surface area contributed by atoms with Gasteiger partial charge in [0.25, 0.3) is 10.0 Å². The van der Waals surface area contributed by atoms with E-state index < -0.39 is 10.0 Å². The monoisotopic (exact) mass is 308 g/mol. The van der Waals surface area contributed by atoms with Crippen LogP contribution in [-0.2, 0) is 22.9 Å². The van der Waals surface area contributed by atoms with Crippen LogP contribution >= 0.6 is 11.6 Å². The van der Waals surface area contributed by atoms with Crippen molar-refractivity contribution in [2.45, 2.75) is 24.2 Å². The van der Waals surface area contributed by atoms with Gasteiger partial charge in [-0.1, -0.05) is 17.7 Å². The van der Waals surface area contributed by atoms with E-state index in [0.29, 0.717) is 5.02 Å². The van der Waals surface area contributed by atoms with Gasteiger partial charge in [-0.25, -0.2) is 13.4 Å². The van der Waals surface area contributed by atoms with E-state index in [4.69, 9.17) is 11.6 Å². The van der Waals surface area contributed by atoms with Crippen LogP contribution in [0, 0.1) is 0 Å². The lowest BCUT2D eigenvalue weighted by molar-refractivity contribution is 0.601. The highest BCUT2D eigenvalue weighted by molar-refractivity contribution is 7.92. The summed E-state index contributed by atoms with van der Waals surface area (Å²) in [5, 5.41) is 0.463. The van der Waals surface area contributed by atoms with Crippen LogP contribution in [0.3, 0.4) is 0 Å². The molecule has 6 heteroatoms. The zero-order chi connectivity index (χ0) is 14.2. The summed E-state index contributed by atoms with van der Waals surface area (Å²) in [5.41, 5.74) is 2.37. The summed E-state index contributed by atoms with van der Waals surface area (Å²) in [5.74, 6) is 0.259. The van der Waals surface area contributed by atoms with Crippen LogP contribution < -0.4 is 4.72 Å². The van der Waals surface area contributed by atoms with Gasteiger partial charge in [0.2, 0.25) is 0 Å². The molecular weight excluding hydrogens is 296 g/mol. The highest BCUT2D eigenvalue weighted by atomic mass is 35.5. The van der Waals surface area contributed by atoms with Crippen molar-refractivity contribution < 1.29 is 8.42 Å². The van der Waals surface area contributed by atoms with Gasteiger partial charge < -0.3 is 0 Å². The van der Waals surface area contributed by atoms with Gasteiger partial charge in [0, 0.05) is 6.20 Å². The topological polar surface area (TPSA) is 59.1 Å². The Morgan fingerprint density at radius 2 is 1.90 bits per heavy atom. The fraction of sp³-hybridized carbons (Fsp3) is 0.214. The second-order valence-electron chi connectivity index (χ2n) is 4.75. The third kappa shape index (κ3) is 2.64. The molecule has 0 amide bonds. The van der Waals surface area contributed by atoms with Crippen molar-refractivity contribution in [3.05, 3.63) is 52.7 Å². The molecule has 0 saturated carbocycles. The first kappa shape index (κ1) is 13.4. The van der Waals surface area contributed by atoms with Gasteiger partial charge in [-0.2, -0.15) is 0 Å². The van der Waals surface area contributed by atoms with Crippen LogP contribution in [0.5, 0.6) is 0 Å². The number of anilines is 1. The Kier molecular flexibility index (Phi) is 3.40. The number of benzene rings is 1. The minimum Gasteiger partial charge on any atom is -0.263 e. The largest absolute Gasteiger partial charge is 0.263 e. The maximum Gasteiger partial charge on any atom is 0.263 e. The molecule has 2 aromatic rings. The lowest BCUT2D eigenvalue weighted by Crippen LogP contribution is -2.14. The molecule has 3 rings (SSSR count). The number of aryl methyl sites for hydroxylation is 2. The summed E-state index contributed by atoms with van der Waals surface area (Å²) >= 11 is 5.72. The van der Waals surface area contributed by atoms with Gasteiger partial charge >= 0.3 is 0 Å². The summed E-state index contributed by atoms with van der Waals surface area (Å²) in [6.07, 6.45) is 4.47. The average Bonchev–Trinajstić information content (AvgIpc) is 2.88. The Bertz CT molecular complexity index is 742. The van der Waals surface area contributed by atoms with Crippen LogP contribution in [0.25, 0.3) is 0 Å². The molecule has 0 atom stereocenters. The van der Waals surface area contributed by atoms with Gasteiger partial charge in [-0.05, 0) is 54.7 Å². The van der Waals surface area contributed by atoms with Gasteiger partial charge in [0.1, 0.15) is 5.82 Å². The first-order valence-electron chi connectivity index (χ1n) is 6.31. The lowest BCUT2D eigenvalue weighted by Gasteiger charge is -2.09. The number of halogens is 1. The van der Waals surface area contributed by atoms with Crippen LogP contribution in [0.1, 0.15) is 17.5 Å². The first-order valence-corrected chi connectivity index (χ1v) is 8.17. The number of aromatic nitrogens is 1. The number of nitrogens with one attached hydrogen (secondary N) is 1. The molecule has 20 heavy (non-hydrogen) atoms. The summed E-state index contributed by atoms with van der Waals surface area (Å²) in [6, 6.07) is 8.41. The molecule has 0 unspecified atom stereocenters. The fourth-order valence-corrected chi connectivity index (χ4v) is 3.52. The highest BCUT2D eigenvalue weighted by Crippen LogP contribution is 2.25. The molecule has 104 valence electrons. The van der Waals surface area contributed by atoms with Crippen LogP contribution in [0.15, 0.2) is 41.4 Å². The molecular formula is C14H13ClN2O2S. The molecule has 0 spiro atoms. The molecule has 0 radical (unpaired) electrons. The Morgan fingerprint density at radius 1 is 1.10 bits per heavy atom. The van der Waals surface area contributed by atoms with Gasteiger partial charge in [0.15, 0.2) is 0 Å². The average molecular weight is 309 g/mol. The predicted molar refractivity (Wildman–Crippen MR) is 78.5 cm³/mol. The second-order valence-corrected chi connectivity index (χ2v) is 6.87. The fourth-order valence-electron chi connectivity index (χ4n) is 2.35. The van der Waals surface area contributed by atoms with Gasteiger partial charge in [0.05, 0.1) is 9.92 Å². The van der Waals surface area contributed by atoms with E-state index >= 15 is 0 Å². The number of hydrogen-bond acceptors (Lipinski definition) is 3. The molecule has 1 heterocycles. The normalized spacial score (nSPS) is 14.1. The third-order valence-corrected chi connectivity index (χ3v) is 4.92. The van der Waals surface area contributed by atoms with Crippen molar-refractivity contribution in [3.63, 3.8) is 0 Å². The summed E-state index contributed by atoms with van der Waals surface area (Å²) in [6.45, 7) is 0. The van der Waals surface area contributed by atoms with E-state index in [-0.39, 0.29) is 10.7 Å². The minimum absolute atomic E-state index is 0.259. The molecule has 1 aromatic heterocycles. The Labute approximate surface area is 122 Å². The smallest absolute Gasteiger partial charge is 0.263 e. The molecule has 0 aliphatic heterocycles. The highest BCUT2D eigenvalue weighted by Gasteiger charge is 2.18. The maximum absolute atomic E-state index is 12.3. The Hall–Kier alpha value is -1.59. The standard InChI is InChI=1S/C14H13ClN2O2S/c15-12-5-7-14(16-9-12)17-20(18,19)13-6-4-10-2-1-3-11(10)8-13/h4-9H,1-3H2,(H,16,17). The van der Waals surface area contributed by atoms with Gasteiger partial charge in [-0.15, -0.1) is 0 Å². The molecule has 0 bridgehead atoms. The van der Waals surface area contributed by atoms with E-state index in [0.717, 1.165) is 24.8 Å². The first-order chi connectivity index (χ1) is 9.54. The van der Waals surface area contributed by atoms with Crippen molar-refractivity contribution in [2.75, 3.05) is 4.72 Å². The van der Waals surface area contributed by atoms with Crippen molar-refractivity contribution >= 4 is 27.4 Å². The molecule has 0 saturated heterocycles. The number of hydrogen-bond donors (Lipinski definition) is 1. The zero-order valence-electron chi connectivity index (χ0n) is 10.6. The number of pyridine rings is 1. The molecule has 0 fully saturated rings. The van der Waals surface area contributed by atoms with E-state index in [2.05, 4.69) is 9.71 Å². The molecule has 1 aliphatic carbocycles. The number of rotatable bonds is 3. The van der Waals surface area contributed by atoms with Crippen molar-refractivity contribution in [1.82, 2.24) is 4.98 Å². The lowest BCUT2D eigenvalue weighted by atomic mass is 10.1. The number of nitrogens with zero attached hydrogens (tertiary/aromatic N) is 1. The molecule has 1 aromatic carbocycles. The number of fused-ring (bicyclic) bond motifs is 1. The third-order valence-electron chi connectivity index (χ3n) is 3.35. The van der Waals surface area contributed by atoms with E-state index in [1.807, 2.05) is 6.07 Å². The van der Waals surface area contributed by atoms with Crippen LogP contribution in [0.4, 0.5) is 5.82 Å². The molecule has 1 N–H and O–H groups in total. The van der Waals surface area contributed by atoms with Crippen molar-refractivity contribution in [2.24, 2.45) is 0 Å². The van der Waals surface area contributed by atoms with E-state index in [1.54, 1.807) is 18.2 Å². The quantitative estimate of drug-likeness (QED) is 0.948. The van der Waals surface area contributed by atoms with Crippen molar-refractivity contribution in [1.29, 1.82) is 0 Å². The molecule has 1 aliphatic rings. The summed E-state index contributed by atoms with van der Waals surface area (Å²) in [4.78, 5) is 4.21. The Balaban J connectivity index is 1.90. The minimum atomic E-state index is -3.60.